The van der Waals surface area contributed by atoms with Crippen molar-refractivity contribution in [2.75, 3.05) is 0 Å². The van der Waals surface area contributed by atoms with E-state index in [1.54, 1.807) is 0 Å². The maximum Gasteiger partial charge on any atom is 0.293 e. The lowest BCUT2D eigenvalue weighted by Gasteiger charge is -2.21. The minimum atomic E-state index is -0.468. The quantitative estimate of drug-likeness (QED) is 0.739. The van der Waals surface area contributed by atoms with Crippen molar-refractivity contribution >= 4 is 6.47 Å². The van der Waals surface area contributed by atoms with Crippen LogP contribution in [0.15, 0.2) is 0 Å². The maximum absolute atomic E-state index is 10.4. The van der Waals surface area contributed by atoms with E-state index < -0.39 is 6.10 Å². The first kappa shape index (κ1) is 13.5. The molecule has 94 valence electrons. The second kappa shape index (κ2) is 8.57. The fourth-order valence-corrected chi connectivity index (χ4v) is 2.37. The molecule has 0 saturated heterocycles. The smallest absolute Gasteiger partial charge is 0.293 e. The van der Waals surface area contributed by atoms with Gasteiger partial charge < -0.3 is 9.84 Å². The first-order chi connectivity index (χ1) is 7.84. The van der Waals surface area contributed by atoms with Crippen LogP contribution in [0.4, 0.5) is 0 Å². The summed E-state index contributed by atoms with van der Waals surface area (Å²) < 4.78 is 4.97. The van der Waals surface area contributed by atoms with Gasteiger partial charge >= 0.3 is 0 Å². The summed E-state index contributed by atoms with van der Waals surface area (Å²) in [6.45, 7) is 0.472. The molecule has 16 heavy (non-hydrogen) atoms. The summed E-state index contributed by atoms with van der Waals surface area (Å²) in [5.74, 6) is 0. The number of ether oxygens (including phenoxy) is 1. The predicted molar refractivity (Wildman–Crippen MR) is 63.1 cm³/mol. The van der Waals surface area contributed by atoms with Crippen molar-refractivity contribution in [2.45, 2.75) is 76.4 Å². The van der Waals surface area contributed by atoms with Gasteiger partial charge in [0.25, 0.3) is 6.47 Å². The Kier molecular flexibility index (Phi) is 7.23. The first-order valence-electron chi connectivity index (χ1n) is 6.62. The Morgan fingerprint density at radius 2 is 1.38 bits per heavy atom. The summed E-state index contributed by atoms with van der Waals surface area (Å²) >= 11 is 0. The molecule has 1 aliphatic carbocycles. The number of hydrogen-bond acceptors (Lipinski definition) is 3. The van der Waals surface area contributed by atoms with E-state index in [9.17, 15) is 9.90 Å². The Balaban J connectivity index is 2.36. The van der Waals surface area contributed by atoms with Crippen LogP contribution in [0, 0.1) is 0 Å². The molecule has 3 heteroatoms. The number of aliphatic hydroxyl groups excluding tert-OH is 1. The highest BCUT2D eigenvalue weighted by atomic mass is 16.5. The molecule has 0 bridgehead atoms. The highest BCUT2D eigenvalue weighted by molar-refractivity contribution is 5.37. The minimum Gasteiger partial charge on any atom is -0.462 e. The molecule has 0 spiro atoms. The van der Waals surface area contributed by atoms with Crippen molar-refractivity contribution in [1.82, 2.24) is 0 Å². The standard InChI is InChI=1S/C13H24O3/c14-11-16-13-10-8-6-4-2-1-3-5-7-9-12(13)15/h11-13,15H,1-10H2/t12-,13+/m1/s1. The van der Waals surface area contributed by atoms with E-state index >= 15 is 0 Å². The first-order valence-corrected chi connectivity index (χ1v) is 6.62. The van der Waals surface area contributed by atoms with Crippen LogP contribution in [0.2, 0.25) is 0 Å². The molecule has 0 heterocycles. The van der Waals surface area contributed by atoms with Gasteiger partial charge in [0.15, 0.2) is 0 Å². The summed E-state index contributed by atoms with van der Waals surface area (Å²) in [4.78, 5) is 10.4. The number of aliphatic hydroxyl groups is 1. The van der Waals surface area contributed by atoms with Crippen LogP contribution in [-0.4, -0.2) is 23.8 Å². The molecule has 1 fully saturated rings. The zero-order chi connectivity index (χ0) is 11.6. The van der Waals surface area contributed by atoms with Gasteiger partial charge in [-0.2, -0.15) is 0 Å². The van der Waals surface area contributed by atoms with Gasteiger partial charge in [-0.15, -0.1) is 0 Å². The molecule has 1 N–H and O–H groups in total. The third-order valence-corrected chi connectivity index (χ3v) is 3.40. The third kappa shape index (κ3) is 5.50. The molecular formula is C13H24O3. The van der Waals surface area contributed by atoms with E-state index in [2.05, 4.69) is 0 Å². The molecule has 0 amide bonds. The lowest BCUT2D eigenvalue weighted by atomic mass is 9.97. The van der Waals surface area contributed by atoms with E-state index in [0.29, 0.717) is 6.47 Å². The van der Waals surface area contributed by atoms with Gasteiger partial charge in [-0.1, -0.05) is 44.9 Å². The van der Waals surface area contributed by atoms with Gasteiger partial charge in [0.2, 0.25) is 0 Å². The summed E-state index contributed by atoms with van der Waals surface area (Å²) in [5, 5.41) is 9.90. The van der Waals surface area contributed by atoms with Crippen molar-refractivity contribution in [3.8, 4) is 0 Å². The Morgan fingerprint density at radius 1 is 0.875 bits per heavy atom. The SMILES string of the molecule is O=CO[C@H]1CCCCCCCCCC[C@H]1O. The minimum absolute atomic E-state index is 0.281. The zero-order valence-electron chi connectivity index (χ0n) is 10.1. The molecule has 0 unspecified atom stereocenters. The lowest BCUT2D eigenvalue weighted by Crippen LogP contribution is -2.28. The van der Waals surface area contributed by atoms with Gasteiger partial charge in [0.05, 0.1) is 6.10 Å². The molecule has 0 aromatic heterocycles. The molecule has 3 nitrogen and oxygen atoms in total. The topological polar surface area (TPSA) is 46.5 Å². The molecule has 2 atom stereocenters. The van der Waals surface area contributed by atoms with E-state index in [-0.39, 0.29) is 6.10 Å². The number of rotatable bonds is 2. The second-order valence-electron chi connectivity index (χ2n) is 4.74. The summed E-state index contributed by atoms with van der Waals surface area (Å²) in [5.41, 5.74) is 0. The van der Waals surface area contributed by atoms with E-state index in [0.717, 1.165) is 25.7 Å². The highest BCUT2D eigenvalue weighted by Gasteiger charge is 2.19. The number of carbonyl (C=O) groups excluding carboxylic acids is 1. The van der Waals surface area contributed by atoms with Crippen LogP contribution in [0.1, 0.15) is 64.2 Å². The van der Waals surface area contributed by atoms with Crippen molar-refractivity contribution in [3.05, 3.63) is 0 Å². The largest absolute Gasteiger partial charge is 0.462 e. The van der Waals surface area contributed by atoms with Gasteiger partial charge in [0.1, 0.15) is 6.10 Å². The monoisotopic (exact) mass is 228 g/mol. The Bertz CT molecular complexity index is 182. The predicted octanol–water partition coefficient (Wildman–Crippen LogP) is 2.80. The van der Waals surface area contributed by atoms with Gasteiger partial charge in [0, 0.05) is 0 Å². The van der Waals surface area contributed by atoms with Crippen molar-refractivity contribution in [1.29, 1.82) is 0 Å². The normalized spacial score (nSPS) is 29.8. The maximum atomic E-state index is 10.4. The van der Waals surface area contributed by atoms with Gasteiger partial charge in [-0.05, 0) is 19.3 Å². The lowest BCUT2D eigenvalue weighted by molar-refractivity contribution is -0.140. The van der Waals surface area contributed by atoms with Crippen molar-refractivity contribution < 1.29 is 14.6 Å². The van der Waals surface area contributed by atoms with Gasteiger partial charge in [-0.25, -0.2) is 0 Å². The number of carbonyl (C=O) groups is 1. The van der Waals surface area contributed by atoms with Crippen LogP contribution in [0.3, 0.4) is 0 Å². The molecule has 0 radical (unpaired) electrons. The Morgan fingerprint density at radius 3 is 1.94 bits per heavy atom. The fraction of sp³-hybridized carbons (Fsp3) is 0.923. The molecule has 1 rings (SSSR count). The Labute approximate surface area is 98.2 Å². The molecule has 0 aromatic carbocycles. The third-order valence-electron chi connectivity index (χ3n) is 3.40. The average molecular weight is 228 g/mol. The summed E-state index contributed by atoms with van der Waals surface area (Å²) in [6.07, 6.45) is 10.5. The van der Waals surface area contributed by atoms with Crippen LogP contribution >= 0.6 is 0 Å². The van der Waals surface area contributed by atoms with Crippen molar-refractivity contribution in [2.24, 2.45) is 0 Å². The molecule has 0 aromatic rings. The van der Waals surface area contributed by atoms with E-state index in [1.807, 2.05) is 0 Å². The van der Waals surface area contributed by atoms with Crippen LogP contribution in [0.25, 0.3) is 0 Å². The molecule has 0 aliphatic heterocycles. The fourth-order valence-electron chi connectivity index (χ4n) is 2.37. The highest BCUT2D eigenvalue weighted by Crippen LogP contribution is 2.18. The summed E-state index contributed by atoms with van der Waals surface area (Å²) in [7, 11) is 0. The second-order valence-corrected chi connectivity index (χ2v) is 4.74. The zero-order valence-corrected chi connectivity index (χ0v) is 10.1. The van der Waals surface area contributed by atoms with E-state index in [4.69, 9.17) is 4.74 Å². The van der Waals surface area contributed by atoms with Crippen molar-refractivity contribution in [3.63, 3.8) is 0 Å². The molecule has 1 saturated carbocycles. The van der Waals surface area contributed by atoms with Crippen LogP contribution in [-0.2, 0) is 9.53 Å². The van der Waals surface area contributed by atoms with Crippen LogP contribution in [0.5, 0.6) is 0 Å². The Hall–Kier alpha value is -0.570. The van der Waals surface area contributed by atoms with Crippen LogP contribution < -0.4 is 0 Å². The number of hydrogen-bond donors (Lipinski definition) is 1. The molecular weight excluding hydrogens is 204 g/mol. The van der Waals surface area contributed by atoms with Gasteiger partial charge in [-0.3, -0.25) is 4.79 Å². The molecule has 1 aliphatic rings. The summed E-state index contributed by atoms with van der Waals surface area (Å²) in [6, 6.07) is 0. The van der Waals surface area contributed by atoms with E-state index in [1.165, 1.54) is 38.5 Å². The average Bonchev–Trinajstić information content (AvgIpc) is 2.28.